The van der Waals surface area contributed by atoms with E-state index >= 15 is 0 Å². The molecule has 0 atom stereocenters. The summed E-state index contributed by atoms with van der Waals surface area (Å²) >= 11 is 0. The average Bonchev–Trinajstić information content (AvgIpc) is 3.08. The molecule has 0 amide bonds. The van der Waals surface area contributed by atoms with Gasteiger partial charge in [0.15, 0.2) is 0 Å². The van der Waals surface area contributed by atoms with Gasteiger partial charge in [0, 0.05) is 37.4 Å². The first-order valence-corrected chi connectivity index (χ1v) is 6.50. The second-order valence-corrected chi connectivity index (χ2v) is 4.47. The van der Waals surface area contributed by atoms with Crippen molar-refractivity contribution in [3.8, 4) is 5.82 Å². The standard InChI is InChI=1S/C14H12N6O2/c21-20(22)12-2-1-4-17-14(12)18-9-11-3-5-16-13(8-11)19-7-6-15-10-19/h1-8,10H,9H2,(H,17,18). The quantitative estimate of drug-likeness (QED) is 0.572. The van der Waals surface area contributed by atoms with E-state index in [-0.39, 0.29) is 11.5 Å². The average molecular weight is 296 g/mol. The normalized spacial score (nSPS) is 10.4. The lowest BCUT2D eigenvalue weighted by atomic mass is 10.2. The first-order valence-electron chi connectivity index (χ1n) is 6.50. The second-order valence-electron chi connectivity index (χ2n) is 4.47. The topological polar surface area (TPSA) is 98.8 Å². The van der Waals surface area contributed by atoms with E-state index < -0.39 is 4.92 Å². The zero-order valence-electron chi connectivity index (χ0n) is 11.5. The van der Waals surface area contributed by atoms with E-state index in [0.29, 0.717) is 6.54 Å². The van der Waals surface area contributed by atoms with Crippen molar-refractivity contribution in [3.05, 3.63) is 71.1 Å². The molecule has 3 aromatic heterocycles. The van der Waals surface area contributed by atoms with Crippen molar-refractivity contribution < 1.29 is 4.92 Å². The van der Waals surface area contributed by atoms with Gasteiger partial charge in [-0.25, -0.2) is 15.0 Å². The highest BCUT2D eigenvalue weighted by molar-refractivity contribution is 5.55. The zero-order valence-corrected chi connectivity index (χ0v) is 11.5. The third-order valence-corrected chi connectivity index (χ3v) is 3.02. The van der Waals surface area contributed by atoms with E-state index in [4.69, 9.17) is 0 Å². The Kier molecular flexibility index (Phi) is 3.73. The molecule has 22 heavy (non-hydrogen) atoms. The van der Waals surface area contributed by atoms with Crippen molar-refractivity contribution in [2.75, 3.05) is 5.32 Å². The first-order chi connectivity index (χ1) is 10.7. The molecule has 3 rings (SSSR count). The van der Waals surface area contributed by atoms with Gasteiger partial charge in [-0.3, -0.25) is 14.7 Å². The summed E-state index contributed by atoms with van der Waals surface area (Å²) in [5, 5.41) is 13.9. The maximum Gasteiger partial charge on any atom is 0.311 e. The highest BCUT2D eigenvalue weighted by Gasteiger charge is 2.13. The van der Waals surface area contributed by atoms with E-state index in [1.54, 1.807) is 29.5 Å². The molecule has 0 radical (unpaired) electrons. The van der Waals surface area contributed by atoms with Crippen molar-refractivity contribution in [2.45, 2.75) is 6.54 Å². The molecule has 0 aliphatic carbocycles. The summed E-state index contributed by atoms with van der Waals surface area (Å²) in [6.45, 7) is 0.405. The van der Waals surface area contributed by atoms with Crippen LogP contribution in [0.3, 0.4) is 0 Å². The van der Waals surface area contributed by atoms with Crippen LogP contribution in [0.15, 0.2) is 55.4 Å². The molecule has 0 aliphatic rings. The van der Waals surface area contributed by atoms with Crippen LogP contribution in [0.25, 0.3) is 5.82 Å². The summed E-state index contributed by atoms with van der Waals surface area (Å²) in [5.41, 5.74) is 0.880. The molecule has 0 bridgehead atoms. The van der Waals surface area contributed by atoms with Crippen LogP contribution >= 0.6 is 0 Å². The largest absolute Gasteiger partial charge is 0.360 e. The molecule has 110 valence electrons. The van der Waals surface area contributed by atoms with Crippen molar-refractivity contribution >= 4 is 11.5 Å². The first kappa shape index (κ1) is 13.7. The molecule has 0 unspecified atom stereocenters. The maximum atomic E-state index is 10.9. The lowest BCUT2D eigenvalue weighted by molar-refractivity contribution is -0.384. The van der Waals surface area contributed by atoms with Crippen LogP contribution in [-0.4, -0.2) is 24.4 Å². The summed E-state index contributed by atoms with van der Waals surface area (Å²) in [5.74, 6) is 0.973. The van der Waals surface area contributed by atoms with Gasteiger partial charge in [0.25, 0.3) is 0 Å². The van der Waals surface area contributed by atoms with E-state index in [1.807, 2.05) is 12.1 Å². The van der Waals surface area contributed by atoms with Gasteiger partial charge in [0.05, 0.1) is 4.92 Å². The number of nitro groups is 1. The van der Waals surface area contributed by atoms with Gasteiger partial charge >= 0.3 is 5.69 Å². The third kappa shape index (κ3) is 2.90. The predicted octanol–water partition coefficient (Wildman–Crippen LogP) is 2.18. The van der Waals surface area contributed by atoms with Crippen molar-refractivity contribution in [3.63, 3.8) is 0 Å². The number of hydrogen-bond donors (Lipinski definition) is 1. The Bertz CT molecular complexity index is 788. The second kappa shape index (κ2) is 6.00. The SMILES string of the molecule is O=[N+]([O-])c1cccnc1NCc1ccnc(-n2ccnc2)c1. The van der Waals surface area contributed by atoms with Crippen molar-refractivity contribution in [1.82, 2.24) is 19.5 Å². The highest BCUT2D eigenvalue weighted by atomic mass is 16.6. The molecule has 8 heteroatoms. The predicted molar refractivity (Wildman–Crippen MR) is 79.6 cm³/mol. The minimum absolute atomic E-state index is 0.0496. The van der Waals surface area contributed by atoms with Crippen LogP contribution < -0.4 is 5.32 Å². The van der Waals surface area contributed by atoms with Crippen LogP contribution in [0, 0.1) is 10.1 Å². The minimum Gasteiger partial charge on any atom is -0.360 e. The van der Waals surface area contributed by atoms with E-state index in [1.165, 1.54) is 18.3 Å². The summed E-state index contributed by atoms with van der Waals surface area (Å²) in [4.78, 5) is 22.7. The monoisotopic (exact) mass is 296 g/mol. The lowest BCUT2D eigenvalue weighted by Crippen LogP contribution is -2.05. The molecule has 0 spiro atoms. The molecule has 0 aliphatic heterocycles. The molecule has 8 nitrogen and oxygen atoms in total. The number of pyridine rings is 2. The van der Waals surface area contributed by atoms with Gasteiger partial charge in [-0.15, -0.1) is 0 Å². The van der Waals surface area contributed by atoms with Gasteiger partial charge in [-0.1, -0.05) is 0 Å². The zero-order chi connectivity index (χ0) is 15.4. The van der Waals surface area contributed by atoms with Gasteiger partial charge in [-0.05, 0) is 23.8 Å². The number of imidazole rings is 1. The Morgan fingerprint density at radius 3 is 2.91 bits per heavy atom. The molecule has 3 aromatic rings. The van der Waals surface area contributed by atoms with Gasteiger partial charge in [0.2, 0.25) is 5.82 Å². The maximum absolute atomic E-state index is 10.9. The van der Waals surface area contributed by atoms with Crippen LogP contribution in [0.5, 0.6) is 0 Å². The number of nitrogens with one attached hydrogen (secondary N) is 1. The van der Waals surface area contributed by atoms with E-state index in [9.17, 15) is 10.1 Å². The van der Waals surface area contributed by atoms with Gasteiger partial charge in [-0.2, -0.15) is 0 Å². The fourth-order valence-electron chi connectivity index (χ4n) is 1.97. The number of nitrogens with zero attached hydrogens (tertiary/aromatic N) is 5. The Morgan fingerprint density at radius 2 is 2.14 bits per heavy atom. The third-order valence-electron chi connectivity index (χ3n) is 3.02. The number of hydrogen-bond acceptors (Lipinski definition) is 6. The lowest BCUT2D eigenvalue weighted by Gasteiger charge is -2.07. The molecule has 3 heterocycles. The molecule has 0 aromatic carbocycles. The molecule has 0 fully saturated rings. The fraction of sp³-hybridized carbons (Fsp3) is 0.0714. The Balaban J connectivity index is 1.78. The van der Waals surface area contributed by atoms with Crippen LogP contribution in [-0.2, 0) is 6.54 Å². The summed E-state index contributed by atoms with van der Waals surface area (Å²) < 4.78 is 1.78. The van der Waals surface area contributed by atoms with Crippen molar-refractivity contribution in [1.29, 1.82) is 0 Å². The van der Waals surface area contributed by atoms with E-state index in [0.717, 1.165) is 11.4 Å². The number of aromatic nitrogens is 4. The Labute approximate surface area is 125 Å². The Hall–Kier alpha value is -3.29. The number of rotatable bonds is 5. The molecular weight excluding hydrogens is 284 g/mol. The summed E-state index contributed by atoms with van der Waals surface area (Å²) in [6.07, 6.45) is 8.31. The smallest absolute Gasteiger partial charge is 0.311 e. The van der Waals surface area contributed by atoms with E-state index in [2.05, 4.69) is 20.3 Å². The molecule has 0 saturated heterocycles. The van der Waals surface area contributed by atoms with Gasteiger partial charge in [0.1, 0.15) is 12.1 Å². The van der Waals surface area contributed by atoms with Crippen LogP contribution in [0.4, 0.5) is 11.5 Å². The highest BCUT2D eigenvalue weighted by Crippen LogP contribution is 2.21. The minimum atomic E-state index is -0.460. The molecular formula is C14H12N6O2. The van der Waals surface area contributed by atoms with Crippen molar-refractivity contribution in [2.24, 2.45) is 0 Å². The van der Waals surface area contributed by atoms with Gasteiger partial charge < -0.3 is 5.32 Å². The summed E-state index contributed by atoms with van der Waals surface area (Å²) in [7, 11) is 0. The van der Waals surface area contributed by atoms with Crippen LogP contribution in [0.2, 0.25) is 0 Å². The Morgan fingerprint density at radius 1 is 1.23 bits per heavy atom. The molecule has 0 saturated carbocycles. The fourth-order valence-corrected chi connectivity index (χ4v) is 1.97. The molecule has 1 N–H and O–H groups in total. The van der Waals surface area contributed by atoms with Crippen LogP contribution in [0.1, 0.15) is 5.56 Å². The summed E-state index contributed by atoms with van der Waals surface area (Å²) in [6, 6.07) is 6.66. The number of anilines is 1.